The molecule has 0 rings (SSSR count). The summed E-state index contributed by atoms with van der Waals surface area (Å²) in [6.45, 7) is 2.05. The highest BCUT2D eigenvalue weighted by atomic mass is 14.6. The fourth-order valence-corrected chi connectivity index (χ4v) is 0.183. The number of hydrogen-bond acceptors (Lipinski definition) is 1. The fraction of sp³-hybridized carbons (Fsp3) is 0.600. The first-order valence-corrected chi connectivity index (χ1v) is 2.07. The summed E-state index contributed by atoms with van der Waals surface area (Å²) in [5, 5.41) is 0. The second-order valence-corrected chi connectivity index (χ2v) is 0.965. The van der Waals surface area contributed by atoms with Gasteiger partial charge in [0.15, 0.2) is 0 Å². The van der Waals surface area contributed by atoms with Crippen molar-refractivity contribution in [3.63, 3.8) is 0 Å². The van der Waals surface area contributed by atoms with E-state index in [2.05, 4.69) is 17.8 Å². The Kier molecular flexibility index (Phi) is 4.04. The van der Waals surface area contributed by atoms with E-state index in [1.165, 1.54) is 0 Å². The summed E-state index contributed by atoms with van der Waals surface area (Å²) in [6, 6.07) is 0. The molecule has 0 unspecified atom stereocenters. The molecule has 0 aromatic rings. The molecule has 34 valence electrons. The van der Waals surface area contributed by atoms with Crippen molar-refractivity contribution in [2.24, 2.45) is 4.99 Å². The second kappa shape index (κ2) is 4.45. The van der Waals surface area contributed by atoms with Crippen LogP contribution >= 0.6 is 0 Å². The number of hydrogen-bond donors (Lipinski definition) is 0. The van der Waals surface area contributed by atoms with Gasteiger partial charge in [-0.25, -0.2) is 4.99 Å². The van der Waals surface area contributed by atoms with Gasteiger partial charge in [-0.05, 0) is 18.4 Å². The highest BCUT2D eigenvalue weighted by Gasteiger charge is 1.52. The molecule has 0 amide bonds. The molecule has 0 heterocycles. The lowest BCUT2D eigenvalue weighted by molar-refractivity contribution is 1.24. The van der Waals surface area contributed by atoms with Gasteiger partial charge in [0.05, 0.1) is 0 Å². The number of rotatable bonds is 1. The van der Waals surface area contributed by atoms with Crippen LogP contribution in [0.5, 0.6) is 0 Å². The third-order valence-corrected chi connectivity index (χ3v) is 0.425. The number of aliphatic imine (C=N–C) groups is 1. The average molecular weight is 83.1 g/mol. The zero-order valence-corrected chi connectivity index (χ0v) is 4.23. The lowest BCUT2D eigenvalue weighted by Crippen LogP contribution is -1.51. The Balaban J connectivity index is 3.18. The summed E-state index contributed by atoms with van der Waals surface area (Å²) in [4.78, 5) is 3.62. The van der Waals surface area contributed by atoms with E-state index in [9.17, 15) is 0 Å². The van der Waals surface area contributed by atoms with Crippen molar-refractivity contribution >= 4 is 5.87 Å². The minimum absolute atomic E-state index is 1.03. The normalized spacial score (nSPS) is 6.33. The smallest absolute Gasteiger partial charge is 0.0372 e. The maximum Gasteiger partial charge on any atom is 0.0372 e. The molecule has 1 nitrogen and oxygen atoms in total. The molecule has 0 N–H and O–H groups in total. The van der Waals surface area contributed by atoms with Crippen LogP contribution in [0.1, 0.15) is 13.3 Å². The Labute approximate surface area is 38.4 Å². The summed E-state index contributed by atoms with van der Waals surface area (Å²) in [5.41, 5.74) is 0. The summed E-state index contributed by atoms with van der Waals surface area (Å²) in [7, 11) is 1.71. The van der Waals surface area contributed by atoms with Gasteiger partial charge in [0.25, 0.3) is 0 Å². The van der Waals surface area contributed by atoms with Crippen LogP contribution in [0, 0.1) is 0 Å². The van der Waals surface area contributed by atoms with Gasteiger partial charge in [-0.1, -0.05) is 6.92 Å². The van der Waals surface area contributed by atoms with Gasteiger partial charge in [-0.15, -0.1) is 0 Å². The van der Waals surface area contributed by atoms with Crippen LogP contribution < -0.4 is 0 Å². The number of nitrogens with zero attached hydrogens (tertiary/aromatic N) is 1. The molecule has 0 aliphatic heterocycles. The SMILES string of the molecule is CCC=C=NC. The molecule has 0 aliphatic carbocycles. The third-order valence-electron chi connectivity index (χ3n) is 0.425. The van der Waals surface area contributed by atoms with E-state index in [0.717, 1.165) is 6.42 Å². The van der Waals surface area contributed by atoms with Crippen LogP contribution in [0.25, 0.3) is 0 Å². The van der Waals surface area contributed by atoms with Crippen molar-refractivity contribution in [1.82, 2.24) is 0 Å². The quantitative estimate of drug-likeness (QED) is 0.423. The zero-order valence-electron chi connectivity index (χ0n) is 4.23. The van der Waals surface area contributed by atoms with E-state index in [0.29, 0.717) is 0 Å². The standard InChI is InChI=1S/C5H9N/c1-3-4-5-6-2/h4H,3H2,1-2H3. The van der Waals surface area contributed by atoms with Crippen LogP contribution in [-0.4, -0.2) is 12.9 Å². The van der Waals surface area contributed by atoms with Gasteiger partial charge in [0.2, 0.25) is 0 Å². The Bertz CT molecular complexity index is 68.0. The van der Waals surface area contributed by atoms with Gasteiger partial charge >= 0.3 is 0 Å². The summed E-state index contributed by atoms with van der Waals surface area (Å²) in [5.74, 6) is 2.70. The van der Waals surface area contributed by atoms with Crippen molar-refractivity contribution in [3.05, 3.63) is 6.08 Å². The maximum atomic E-state index is 3.62. The van der Waals surface area contributed by atoms with E-state index < -0.39 is 0 Å². The predicted octanol–water partition coefficient (Wildman–Crippen LogP) is 1.25. The van der Waals surface area contributed by atoms with Crippen molar-refractivity contribution in [3.8, 4) is 0 Å². The first-order valence-electron chi connectivity index (χ1n) is 2.07. The Morgan fingerprint density at radius 3 is 2.67 bits per heavy atom. The van der Waals surface area contributed by atoms with Crippen molar-refractivity contribution in [2.45, 2.75) is 13.3 Å². The minimum Gasteiger partial charge on any atom is -0.247 e. The largest absolute Gasteiger partial charge is 0.247 e. The van der Waals surface area contributed by atoms with E-state index in [1.807, 2.05) is 6.08 Å². The van der Waals surface area contributed by atoms with E-state index in [-0.39, 0.29) is 0 Å². The van der Waals surface area contributed by atoms with E-state index >= 15 is 0 Å². The molecule has 6 heavy (non-hydrogen) atoms. The second-order valence-electron chi connectivity index (χ2n) is 0.965. The van der Waals surface area contributed by atoms with Gasteiger partial charge in [0.1, 0.15) is 0 Å². The van der Waals surface area contributed by atoms with Gasteiger partial charge in [0, 0.05) is 7.05 Å². The topological polar surface area (TPSA) is 12.4 Å². The summed E-state index contributed by atoms with van der Waals surface area (Å²) in [6.07, 6.45) is 2.91. The first-order chi connectivity index (χ1) is 2.91. The molecule has 0 aromatic heterocycles. The van der Waals surface area contributed by atoms with Crippen molar-refractivity contribution in [1.29, 1.82) is 0 Å². The zero-order chi connectivity index (χ0) is 4.83. The van der Waals surface area contributed by atoms with Crippen LogP contribution in [0.2, 0.25) is 0 Å². The molecule has 1 heteroatoms. The maximum absolute atomic E-state index is 3.62. The van der Waals surface area contributed by atoms with Crippen molar-refractivity contribution in [2.75, 3.05) is 7.05 Å². The molecule has 0 radical (unpaired) electrons. The van der Waals surface area contributed by atoms with Gasteiger partial charge < -0.3 is 0 Å². The fourth-order valence-electron chi connectivity index (χ4n) is 0.183. The van der Waals surface area contributed by atoms with Crippen LogP contribution in [-0.2, 0) is 0 Å². The molecule has 0 spiro atoms. The van der Waals surface area contributed by atoms with Crippen LogP contribution in [0.3, 0.4) is 0 Å². The molecule has 0 saturated carbocycles. The Hall–Kier alpha value is -0.550. The number of allylic oxidation sites excluding steroid dienone is 1. The van der Waals surface area contributed by atoms with Crippen molar-refractivity contribution < 1.29 is 0 Å². The first kappa shape index (κ1) is 5.45. The molecule has 0 atom stereocenters. The Morgan fingerprint density at radius 2 is 2.50 bits per heavy atom. The summed E-state index contributed by atoms with van der Waals surface area (Å²) < 4.78 is 0. The molecular formula is C5H9N. The molecular weight excluding hydrogens is 74.1 g/mol. The summed E-state index contributed by atoms with van der Waals surface area (Å²) >= 11 is 0. The highest BCUT2D eigenvalue weighted by molar-refractivity contribution is 5.50. The lowest BCUT2D eigenvalue weighted by atomic mass is 10.5. The molecule has 0 fully saturated rings. The highest BCUT2D eigenvalue weighted by Crippen LogP contribution is 1.67. The van der Waals surface area contributed by atoms with Gasteiger partial charge in [-0.3, -0.25) is 0 Å². The Morgan fingerprint density at radius 1 is 1.83 bits per heavy atom. The molecule has 0 saturated heterocycles. The van der Waals surface area contributed by atoms with E-state index in [1.54, 1.807) is 7.05 Å². The van der Waals surface area contributed by atoms with Gasteiger partial charge in [-0.2, -0.15) is 0 Å². The minimum atomic E-state index is 1.03. The predicted molar refractivity (Wildman–Crippen MR) is 28.2 cm³/mol. The monoisotopic (exact) mass is 83.1 g/mol. The lowest BCUT2D eigenvalue weighted by Gasteiger charge is -1.62. The van der Waals surface area contributed by atoms with E-state index in [4.69, 9.17) is 0 Å². The third kappa shape index (κ3) is 3.45. The van der Waals surface area contributed by atoms with Crippen LogP contribution in [0.4, 0.5) is 0 Å². The molecule has 0 aliphatic rings. The molecule has 0 aromatic carbocycles. The molecule has 0 bridgehead atoms. The van der Waals surface area contributed by atoms with Crippen LogP contribution in [0.15, 0.2) is 11.1 Å². The average Bonchev–Trinajstić information content (AvgIpc) is 1.61.